The van der Waals surface area contributed by atoms with Crippen molar-refractivity contribution < 1.29 is 14.3 Å². The van der Waals surface area contributed by atoms with Crippen molar-refractivity contribution >= 4 is 17.4 Å². The molecule has 0 aromatic heterocycles. The van der Waals surface area contributed by atoms with E-state index in [1.807, 2.05) is 18.2 Å². The largest absolute Gasteiger partial charge is 0.497 e. The van der Waals surface area contributed by atoms with Crippen LogP contribution in [0, 0.1) is 17.2 Å². The Morgan fingerprint density at radius 3 is 2.62 bits per heavy atom. The summed E-state index contributed by atoms with van der Waals surface area (Å²) in [5, 5.41) is 12.0. The Labute approximate surface area is 152 Å². The fourth-order valence-corrected chi connectivity index (χ4v) is 3.20. The van der Waals surface area contributed by atoms with Crippen LogP contribution in [0.5, 0.6) is 5.75 Å². The Kier molecular flexibility index (Phi) is 5.33. The molecule has 0 radical (unpaired) electrons. The summed E-state index contributed by atoms with van der Waals surface area (Å²) in [7, 11) is 1.53. The van der Waals surface area contributed by atoms with E-state index in [-0.39, 0.29) is 0 Å². The molecule has 1 aliphatic rings. The van der Waals surface area contributed by atoms with E-state index in [9.17, 15) is 14.9 Å². The Balaban J connectivity index is 1.78. The van der Waals surface area contributed by atoms with Crippen molar-refractivity contribution in [1.82, 2.24) is 0 Å². The molecule has 1 aliphatic carbocycles. The number of methoxy groups -OCH3 is 1. The molecule has 0 spiro atoms. The molecule has 0 heterocycles. The molecule has 0 bridgehead atoms. The Bertz CT molecular complexity index is 883. The average Bonchev–Trinajstić information content (AvgIpc) is 2.68. The van der Waals surface area contributed by atoms with Crippen molar-refractivity contribution in [3.05, 3.63) is 59.2 Å². The fraction of sp³-hybridized carbons (Fsp3) is 0.286. The number of anilines is 1. The predicted octanol–water partition coefficient (Wildman–Crippen LogP) is 3.54. The maximum absolute atomic E-state index is 12.7. The lowest BCUT2D eigenvalue weighted by Gasteiger charge is -2.17. The van der Waals surface area contributed by atoms with E-state index in [0.29, 0.717) is 17.0 Å². The van der Waals surface area contributed by atoms with Crippen molar-refractivity contribution in [2.24, 2.45) is 5.92 Å². The van der Waals surface area contributed by atoms with Gasteiger partial charge in [0.2, 0.25) is 5.91 Å². The van der Waals surface area contributed by atoms with E-state index in [1.165, 1.54) is 12.7 Å². The van der Waals surface area contributed by atoms with Crippen LogP contribution in [-0.2, 0) is 17.6 Å². The predicted molar refractivity (Wildman–Crippen MR) is 98.1 cm³/mol. The number of hydrogen-bond donors (Lipinski definition) is 1. The Hall–Kier alpha value is -3.13. The number of hydrogen-bond acceptors (Lipinski definition) is 4. The van der Waals surface area contributed by atoms with Gasteiger partial charge >= 0.3 is 0 Å². The van der Waals surface area contributed by atoms with Gasteiger partial charge in [0.25, 0.3) is 0 Å². The second kappa shape index (κ2) is 7.83. The van der Waals surface area contributed by atoms with Crippen molar-refractivity contribution in [3.8, 4) is 11.8 Å². The number of nitriles is 1. The van der Waals surface area contributed by atoms with Gasteiger partial charge in [-0.05, 0) is 55.0 Å². The highest BCUT2D eigenvalue weighted by atomic mass is 16.5. The minimum absolute atomic E-state index is 0.415. The first-order chi connectivity index (χ1) is 12.6. The van der Waals surface area contributed by atoms with Crippen LogP contribution in [0.4, 0.5) is 5.69 Å². The number of nitrogens with zero attached hydrogens (tertiary/aromatic N) is 1. The monoisotopic (exact) mass is 348 g/mol. The second-order valence-corrected chi connectivity index (χ2v) is 6.34. The van der Waals surface area contributed by atoms with Crippen molar-refractivity contribution in [3.63, 3.8) is 0 Å². The van der Waals surface area contributed by atoms with Gasteiger partial charge in [0.1, 0.15) is 5.75 Å². The van der Waals surface area contributed by atoms with E-state index < -0.39 is 17.6 Å². The number of rotatable bonds is 5. The van der Waals surface area contributed by atoms with Crippen LogP contribution in [0.1, 0.15) is 34.3 Å². The molecule has 3 rings (SSSR count). The number of ether oxygens (including phenoxy) is 1. The molecule has 0 saturated carbocycles. The molecule has 2 aromatic carbocycles. The smallest absolute Gasteiger partial charge is 0.249 e. The van der Waals surface area contributed by atoms with E-state index in [2.05, 4.69) is 5.32 Å². The van der Waals surface area contributed by atoms with E-state index >= 15 is 0 Å². The molecule has 1 unspecified atom stereocenters. The molecular weight excluding hydrogens is 328 g/mol. The third kappa shape index (κ3) is 3.75. The number of ketones is 1. The van der Waals surface area contributed by atoms with Crippen LogP contribution < -0.4 is 10.1 Å². The summed E-state index contributed by atoms with van der Waals surface area (Å²) in [4.78, 5) is 25.2. The second-order valence-electron chi connectivity index (χ2n) is 6.34. The molecule has 1 N–H and O–H groups in total. The minimum Gasteiger partial charge on any atom is -0.497 e. The molecule has 0 fully saturated rings. The molecule has 132 valence electrons. The number of Topliss-reactive ketones (excluding diaryl/α,β-unsaturated/α-hetero) is 1. The zero-order valence-corrected chi connectivity index (χ0v) is 14.6. The Morgan fingerprint density at radius 1 is 1.12 bits per heavy atom. The van der Waals surface area contributed by atoms with Gasteiger partial charge in [0.15, 0.2) is 11.7 Å². The molecule has 0 saturated heterocycles. The summed E-state index contributed by atoms with van der Waals surface area (Å²) in [5.74, 6) is -1.91. The summed E-state index contributed by atoms with van der Waals surface area (Å²) in [6.45, 7) is 0. The summed E-state index contributed by atoms with van der Waals surface area (Å²) >= 11 is 0. The minimum atomic E-state index is -1.39. The van der Waals surface area contributed by atoms with Gasteiger partial charge in [0, 0.05) is 17.3 Å². The molecule has 26 heavy (non-hydrogen) atoms. The van der Waals surface area contributed by atoms with Crippen LogP contribution in [0.3, 0.4) is 0 Å². The maximum Gasteiger partial charge on any atom is 0.249 e. The van der Waals surface area contributed by atoms with Gasteiger partial charge < -0.3 is 10.1 Å². The van der Waals surface area contributed by atoms with Crippen molar-refractivity contribution in [2.75, 3.05) is 12.4 Å². The third-order valence-corrected chi connectivity index (χ3v) is 4.62. The maximum atomic E-state index is 12.7. The summed E-state index contributed by atoms with van der Waals surface area (Å²) in [5.41, 5.74) is 3.29. The summed E-state index contributed by atoms with van der Waals surface area (Å²) < 4.78 is 5.11. The molecule has 5 nitrogen and oxygen atoms in total. The first kappa shape index (κ1) is 17.7. The lowest BCUT2D eigenvalue weighted by Crippen LogP contribution is -2.28. The normalized spacial score (nSPS) is 13.8. The summed E-state index contributed by atoms with van der Waals surface area (Å²) in [6, 6.07) is 14.1. The zero-order chi connectivity index (χ0) is 18.5. The van der Waals surface area contributed by atoms with Gasteiger partial charge in [-0.1, -0.05) is 18.2 Å². The number of carbonyl (C=O) groups is 2. The fourth-order valence-electron chi connectivity index (χ4n) is 3.20. The standard InChI is InChI=1S/C21H20N2O3/c1-26-18-8-4-7-17(12-18)23-21(25)19(13-22)20(24)16-10-9-14-5-2-3-6-15(14)11-16/h4,7-12,19H,2-3,5-6H2,1H3,(H,23,25). The van der Waals surface area contributed by atoms with Gasteiger partial charge in [-0.15, -0.1) is 0 Å². The number of amides is 1. The number of carbonyl (C=O) groups excluding carboxylic acids is 2. The number of benzene rings is 2. The highest BCUT2D eigenvalue weighted by Crippen LogP contribution is 2.24. The lowest BCUT2D eigenvalue weighted by atomic mass is 9.88. The number of aryl methyl sites for hydroxylation is 2. The third-order valence-electron chi connectivity index (χ3n) is 4.62. The van der Waals surface area contributed by atoms with Gasteiger partial charge in [0.05, 0.1) is 13.2 Å². The summed E-state index contributed by atoms with van der Waals surface area (Å²) in [6.07, 6.45) is 4.21. The number of nitrogens with one attached hydrogen (secondary N) is 1. The molecule has 1 atom stereocenters. The topological polar surface area (TPSA) is 79.2 Å². The van der Waals surface area contributed by atoms with Crippen LogP contribution in [0.15, 0.2) is 42.5 Å². The van der Waals surface area contributed by atoms with Crippen molar-refractivity contribution in [1.29, 1.82) is 5.26 Å². The van der Waals surface area contributed by atoms with Crippen molar-refractivity contribution in [2.45, 2.75) is 25.7 Å². The quantitative estimate of drug-likeness (QED) is 0.662. The SMILES string of the molecule is COc1cccc(NC(=O)C(C#N)C(=O)c2ccc3c(c2)CCCC3)c1. The average molecular weight is 348 g/mol. The first-order valence-corrected chi connectivity index (χ1v) is 8.63. The first-order valence-electron chi connectivity index (χ1n) is 8.63. The zero-order valence-electron chi connectivity index (χ0n) is 14.6. The molecule has 2 aromatic rings. The van der Waals surface area contributed by atoms with Crippen LogP contribution in [-0.4, -0.2) is 18.8 Å². The van der Waals surface area contributed by atoms with Gasteiger partial charge in [-0.25, -0.2) is 0 Å². The molecular formula is C21H20N2O3. The van der Waals surface area contributed by atoms with Gasteiger partial charge in [-0.3, -0.25) is 9.59 Å². The van der Waals surface area contributed by atoms with Gasteiger partial charge in [-0.2, -0.15) is 5.26 Å². The number of fused-ring (bicyclic) bond motifs is 1. The van der Waals surface area contributed by atoms with Crippen LogP contribution >= 0.6 is 0 Å². The Morgan fingerprint density at radius 2 is 1.88 bits per heavy atom. The van der Waals surface area contributed by atoms with Crippen LogP contribution in [0.25, 0.3) is 0 Å². The highest BCUT2D eigenvalue weighted by Gasteiger charge is 2.28. The molecule has 5 heteroatoms. The van der Waals surface area contributed by atoms with E-state index in [4.69, 9.17) is 4.74 Å². The van der Waals surface area contributed by atoms with Crippen LogP contribution in [0.2, 0.25) is 0 Å². The highest BCUT2D eigenvalue weighted by molar-refractivity contribution is 6.15. The lowest BCUT2D eigenvalue weighted by molar-refractivity contribution is -0.117. The van der Waals surface area contributed by atoms with E-state index in [0.717, 1.165) is 31.2 Å². The van der Waals surface area contributed by atoms with E-state index in [1.54, 1.807) is 30.3 Å². The molecule has 1 amide bonds. The molecule has 0 aliphatic heterocycles.